The van der Waals surface area contributed by atoms with Gasteiger partial charge in [-0.1, -0.05) is 0 Å². The van der Waals surface area contributed by atoms with Gasteiger partial charge in [-0.3, -0.25) is 14.5 Å². The number of piperazine rings is 1. The Morgan fingerprint density at radius 2 is 2.28 bits per heavy atom. The normalized spacial score (nSPS) is 20.1. The second-order valence-electron chi connectivity index (χ2n) is 4.04. The second-order valence-corrected chi connectivity index (χ2v) is 4.04. The predicted molar refractivity (Wildman–Crippen MR) is 68.2 cm³/mol. The summed E-state index contributed by atoms with van der Waals surface area (Å²) in [5.74, 6) is -0.973. The van der Waals surface area contributed by atoms with E-state index in [-0.39, 0.29) is 24.7 Å². The molecule has 7 heteroatoms. The SMILES string of the molecule is Cl.O=C(CN1CCNCC1C(=O)O)c1ccc[nH]1. The number of carbonyl (C=O) groups excluding carboxylic acids is 1. The van der Waals surface area contributed by atoms with Crippen molar-refractivity contribution in [2.45, 2.75) is 6.04 Å². The van der Waals surface area contributed by atoms with Crippen molar-refractivity contribution in [3.8, 4) is 0 Å². The number of aromatic nitrogens is 1. The van der Waals surface area contributed by atoms with Gasteiger partial charge in [0.25, 0.3) is 0 Å². The quantitative estimate of drug-likeness (QED) is 0.671. The summed E-state index contributed by atoms with van der Waals surface area (Å²) in [7, 11) is 0. The minimum Gasteiger partial charge on any atom is -0.480 e. The van der Waals surface area contributed by atoms with Crippen LogP contribution in [0.5, 0.6) is 0 Å². The lowest BCUT2D eigenvalue weighted by Gasteiger charge is -2.32. The third-order valence-corrected chi connectivity index (χ3v) is 2.88. The fourth-order valence-electron chi connectivity index (χ4n) is 1.95. The summed E-state index contributed by atoms with van der Waals surface area (Å²) in [5, 5.41) is 12.1. The first-order valence-corrected chi connectivity index (χ1v) is 5.52. The van der Waals surface area contributed by atoms with Crippen LogP contribution in [0.3, 0.4) is 0 Å². The van der Waals surface area contributed by atoms with E-state index >= 15 is 0 Å². The van der Waals surface area contributed by atoms with E-state index in [4.69, 9.17) is 5.11 Å². The summed E-state index contributed by atoms with van der Waals surface area (Å²) < 4.78 is 0. The van der Waals surface area contributed by atoms with E-state index in [1.807, 2.05) is 0 Å². The van der Waals surface area contributed by atoms with Gasteiger partial charge >= 0.3 is 5.97 Å². The first kappa shape index (κ1) is 14.7. The largest absolute Gasteiger partial charge is 0.480 e. The fourth-order valence-corrected chi connectivity index (χ4v) is 1.95. The number of carbonyl (C=O) groups is 2. The van der Waals surface area contributed by atoms with E-state index in [0.717, 1.165) is 0 Å². The molecule has 0 aliphatic carbocycles. The van der Waals surface area contributed by atoms with Gasteiger partial charge in [0.05, 0.1) is 12.2 Å². The maximum Gasteiger partial charge on any atom is 0.322 e. The van der Waals surface area contributed by atoms with Crippen LogP contribution in [0.2, 0.25) is 0 Å². The zero-order chi connectivity index (χ0) is 12.3. The van der Waals surface area contributed by atoms with Gasteiger partial charge in [-0.25, -0.2) is 0 Å². The Morgan fingerprint density at radius 1 is 1.50 bits per heavy atom. The molecule has 0 aromatic carbocycles. The minimum atomic E-state index is -0.892. The molecular weight excluding hydrogens is 258 g/mol. The number of nitrogens with zero attached hydrogens (tertiary/aromatic N) is 1. The zero-order valence-corrected chi connectivity index (χ0v) is 10.6. The number of H-pyrrole nitrogens is 1. The standard InChI is InChI=1S/C11H15N3O3.ClH/c15-10(8-2-1-3-13-8)7-14-5-4-12-6-9(14)11(16)17;/h1-3,9,12-13H,4-7H2,(H,16,17);1H. The molecule has 0 amide bonds. The number of nitrogens with one attached hydrogen (secondary N) is 2. The molecule has 3 N–H and O–H groups in total. The average Bonchev–Trinajstić information content (AvgIpc) is 2.83. The number of carboxylic acid groups (broad SMARTS) is 1. The molecule has 2 rings (SSSR count). The molecule has 1 fully saturated rings. The van der Waals surface area contributed by atoms with Crippen LogP contribution in [0.15, 0.2) is 18.3 Å². The van der Waals surface area contributed by atoms with Crippen molar-refractivity contribution < 1.29 is 14.7 Å². The fraction of sp³-hybridized carbons (Fsp3) is 0.455. The highest BCUT2D eigenvalue weighted by atomic mass is 35.5. The molecule has 6 nitrogen and oxygen atoms in total. The van der Waals surface area contributed by atoms with Gasteiger partial charge in [0.15, 0.2) is 5.78 Å². The molecule has 100 valence electrons. The first-order valence-electron chi connectivity index (χ1n) is 5.52. The average molecular weight is 274 g/mol. The molecule has 1 unspecified atom stereocenters. The number of hydrogen-bond donors (Lipinski definition) is 3. The maximum absolute atomic E-state index is 11.9. The van der Waals surface area contributed by atoms with Crippen molar-refractivity contribution in [3.05, 3.63) is 24.0 Å². The lowest BCUT2D eigenvalue weighted by molar-refractivity contribution is -0.143. The van der Waals surface area contributed by atoms with Gasteiger partial charge in [0.2, 0.25) is 0 Å². The first-order chi connectivity index (χ1) is 8.18. The van der Waals surface area contributed by atoms with E-state index < -0.39 is 12.0 Å². The topological polar surface area (TPSA) is 85.4 Å². The molecule has 1 aromatic rings. The van der Waals surface area contributed by atoms with Crippen molar-refractivity contribution in [3.63, 3.8) is 0 Å². The van der Waals surface area contributed by atoms with Crippen LogP contribution < -0.4 is 5.32 Å². The second kappa shape index (κ2) is 6.53. The number of hydrogen-bond acceptors (Lipinski definition) is 4. The lowest BCUT2D eigenvalue weighted by Crippen LogP contribution is -2.56. The van der Waals surface area contributed by atoms with E-state index in [0.29, 0.717) is 25.3 Å². The van der Waals surface area contributed by atoms with E-state index in [2.05, 4.69) is 10.3 Å². The van der Waals surface area contributed by atoms with Gasteiger partial charge in [0, 0.05) is 25.8 Å². The molecular formula is C11H16ClN3O3. The van der Waals surface area contributed by atoms with Crippen molar-refractivity contribution in [1.82, 2.24) is 15.2 Å². The maximum atomic E-state index is 11.9. The molecule has 1 saturated heterocycles. The highest BCUT2D eigenvalue weighted by molar-refractivity contribution is 5.96. The third kappa shape index (κ3) is 3.32. The Labute approximate surface area is 111 Å². The lowest BCUT2D eigenvalue weighted by atomic mass is 10.1. The molecule has 1 aliphatic heterocycles. The molecule has 1 aromatic heterocycles. The third-order valence-electron chi connectivity index (χ3n) is 2.88. The van der Waals surface area contributed by atoms with Crippen LogP contribution in [-0.2, 0) is 4.79 Å². The monoisotopic (exact) mass is 273 g/mol. The number of aromatic amines is 1. The van der Waals surface area contributed by atoms with Crippen LogP contribution in [-0.4, -0.2) is 59.0 Å². The van der Waals surface area contributed by atoms with Crippen LogP contribution in [0, 0.1) is 0 Å². The van der Waals surface area contributed by atoms with Crippen molar-refractivity contribution in [1.29, 1.82) is 0 Å². The van der Waals surface area contributed by atoms with Crippen molar-refractivity contribution in [2.24, 2.45) is 0 Å². The number of rotatable bonds is 4. The molecule has 1 atom stereocenters. The van der Waals surface area contributed by atoms with Gasteiger partial charge in [0.1, 0.15) is 6.04 Å². The smallest absolute Gasteiger partial charge is 0.322 e. The number of ketones is 1. The van der Waals surface area contributed by atoms with E-state index in [9.17, 15) is 9.59 Å². The number of halogens is 1. The van der Waals surface area contributed by atoms with Gasteiger partial charge in [-0.15, -0.1) is 12.4 Å². The van der Waals surface area contributed by atoms with Crippen LogP contribution >= 0.6 is 12.4 Å². The molecule has 0 radical (unpaired) electrons. The summed E-state index contributed by atoms with van der Waals surface area (Å²) in [6.45, 7) is 1.80. The predicted octanol–water partition coefficient (Wildman–Crippen LogP) is -0.0224. The van der Waals surface area contributed by atoms with E-state index in [1.165, 1.54) is 0 Å². The molecule has 0 bridgehead atoms. The Hall–Kier alpha value is -1.37. The Bertz CT molecular complexity index is 408. The van der Waals surface area contributed by atoms with Crippen LogP contribution in [0.1, 0.15) is 10.5 Å². The van der Waals surface area contributed by atoms with Crippen molar-refractivity contribution in [2.75, 3.05) is 26.2 Å². The van der Waals surface area contributed by atoms with Crippen LogP contribution in [0.4, 0.5) is 0 Å². The number of aliphatic carboxylic acids is 1. The Balaban J connectivity index is 0.00000162. The zero-order valence-electron chi connectivity index (χ0n) is 9.76. The Morgan fingerprint density at radius 3 is 2.89 bits per heavy atom. The summed E-state index contributed by atoms with van der Waals surface area (Å²) >= 11 is 0. The summed E-state index contributed by atoms with van der Waals surface area (Å²) in [5.41, 5.74) is 0.521. The number of Topliss-reactive ketones (excluding diaryl/α,β-unsaturated/α-hetero) is 1. The van der Waals surface area contributed by atoms with Crippen molar-refractivity contribution >= 4 is 24.2 Å². The summed E-state index contributed by atoms with van der Waals surface area (Å²) in [6.07, 6.45) is 1.68. The highest BCUT2D eigenvalue weighted by Crippen LogP contribution is 2.06. The molecule has 2 heterocycles. The molecule has 1 aliphatic rings. The number of carboxylic acids is 1. The molecule has 18 heavy (non-hydrogen) atoms. The highest BCUT2D eigenvalue weighted by Gasteiger charge is 2.29. The van der Waals surface area contributed by atoms with E-state index in [1.54, 1.807) is 23.2 Å². The summed E-state index contributed by atoms with van der Waals surface area (Å²) in [6, 6.07) is 2.82. The molecule has 0 saturated carbocycles. The summed E-state index contributed by atoms with van der Waals surface area (Å²) in [4.78, 5) is 27.4. The van der Waals surface area contributed by atoms with Gasteiger partial charge in [-0.05, 0) is 12.1 Å². The van der Waals surface area contributed by atoms with Gasteiger partial charge < -0.3 is 15.4 Å². The Kier molecular flexibility index (Phi) is 5.33. The van der Waals surface area contributed by atoms with Gasteiger partial charge in [-0.2, -0.15) is 0 Å². The minimum absolute atomic E-state index is 0. The molecule has 0 spiro atoms. The van der Waals surface area contributed by atoms with Crippen LogP contribution in [0.25, 0.3) is 0 Å².